The highest BCUT2D eigenvalue weighted by Crippen LogP contribution is 2.69. The maximum atomic E-state index is 13.6. The lowest BCUT2D eigenvalue weighted by molar-refractivity contribution is -0.171. The van der Waals surface area contributed by atoms with E-state index in [1.165, 1.54) is 19.3 Å². The van der Waals surface area contributed by atoms with E-state index in [0.29, 0.717) is 29.4 Å². The predicted molar refractivity (Wildman–Crippen MR) is 98.8 cm³/mol. The Balaban J connectivity index is 1.32. The lowest BCUT2D eigenvalue weighted by Crippen LogP contribution is -2.62. The number of morpholine rings is 1. The van der Waals surface area contributed by atoms with Gasteiger partial charge in [-0.1, -0.05) is 13.8 Å². The maximum absolute atomic E-state index is 13.6. The molecule has 5 heteroatoms. The molecule has 6 fully saturated rings. The van der Waals surface area contributed by atoms with Gasteiger partial charge in [-0.2, -0.15) is 0 Å². The number of hydrogen-bond acceptors (Lipinski definition) is 4. The summed E-state index contributed by atoms with van der Waals surface area (Å²) < 4.78 is 11.3. The Kier molecular flexibility index (Phi) is 3.97. The van der Waals surface area contributed by atoms with Gasteiger partial charge in [-0.25, -0.2) is 0 Å². The average molecular weight is 363 g/mol. The lowest BCUT2D eigenvalue weighted by Gasteiger charge is -2.64. The molecule has 6 atom stereocenters. The van der Waals surface area contributed by atoms with Crippen LogP contribution in [0.2, 0.25) is 0 Å². The number of carbonyl (C=O) groups excluding carboxylic acids is 1. The Morgan fingerprint density at radius 3 is 2.31 bits per heavy atom. The van der Waals surface area contributed by atoms with Crippen LogP contribution in [0.5, 0.6) is 0 Å². The normalized spacial score (nSPS) is 50.9. The minimum atomic E-state index is -0.124. The van der Waals surface area contributed by atoms with Gasteiger partial charge in [0.05, 0.1) is 43.9 Å². The molecule has 26 heavy (non-hydrogen) atoms. The molecule has 2 saturated heterocycles. The van der Waals surface area contributed by atoms with E-state index in [-0.39, 0.29) is 11.5 Å². The zero-order chi connectivity index (χ0) is 18.0. The zero-order valence-electron chi connectivity index (χ0n) is 16.4. The van der Waals surface area contributed by atoms with Gasteiger partial charge < -0.3 is 14.8 Å². The summed E-state index contributed by atoms with van der Waals surface area (Å²) in [6.45, 7) is 9.74. The van der Waals surface area contributed by atoms with E-state index in [4.69, 9.17) is 9.47 Å². The van der Waals surface area contributed by atoms with Crippen LogP contribution in [0.15, 0.2) is 0 Å². The van der Waals surface area contributed by atoms with Gasteiger partial charge in [0.1, 0.15) is 0 Å². The van der Waals surface area contributed by atoms with E-state index in [9.17, 15) is 4.79 Å². The molecular formula is C21H34N2O3. The van der Waals surface area contributed by atoms with E-state index in [0.717, 1.165) is 58.1 Å². The molecule has 1 amide bonds. The number of ether oxygens (including phenoxy) is 2. The summed E-state index contributed by atoms with van der Waals surface area (Å²) in [4.78, 5) is 16.0. The summed E-state index contributed by atoms with van der Waals surface area (Å²) in [7, 11) is 0. The summed E-state index contributed by atoms with van der Waals surface area (Å²) >= 11 is 0. The standard InChI is InChI=1S/C21H34N2O3/c1-19-7-15-8-20(2,12-19)14-21(9-15,13-19)18(24)22-16-10-26-11-17(16)23-3-5-25-6-4-23/h15-17H,3-14H2,1-2H3,(H,22,24)/t15?,16-,17-,19-,20+,21?/m0/s1. The van der Waals surface area contributed by atoms with Gasteiger partial charge in [0.25, 0.3) is 0 Å². The van der Waals surface area contributed by atoms with Crippen molar-refractivity contribution in [2.75, 3.05) is 39.5 Å². The first-order chi connectivity index (χ1) is 12.4. The number of nitrogens with one attached hydrogen (secondary N) is 1. The Bertz CT molecular complexity index is 570. The third-order valence-electron chi connectivity index (χ3n) is 7.99. The van der Waals surface area contributed by atoms with Gasteiger partial charge in [0.2, 0.25) is 5.91 Å². The SMILES string of the molecule is C[C@]12CC3CC(C(=O)N[C@H]4COC[C@@H]4N4CCOCC4)(C1)C[C@@](C)(C3)C2. The molecule has 5 nitrogen and oxygen atoms in total. The summed E-state index contributed by atoms with van der Waals surface area (Å²) in [5.74, 6) is 1.08. The van der Waals surface area contributed by atoms with Crippen molar-refractivity contribution in [3.05, 3.63) is 0 Å². The van der Waals surface area contributed by atoms with Crippen LogP contribution >= 0.6 is 0 Å². The average Bonchev–Trinajstić information content (AvgIpc) is 3.00. The molecule has 0 aromatic carbocycles. The molecule has 4 aliphatic carbocycles. The fraction of sp³-hybridized carbons (Fsp3) is 0.952. The van der Waals surface area contributed by atoms with Gasteiger partial charge in [0.15, 0.2) is 0 Å². The zero-order valence-corrected chi connectivity index (χ0v) is 16.4. The van der Waals surface area contributed by atoms with Crippen molar-refractivity contribution in [1.29, 1.82) is 0 Å². The van der Waals surface area contributed by atoms with Gasteiger partial charge in [-0.15, -0.1) is 0 Å². The molecule has 4 saturated carbocycles. The second-order valence-electron chi connectivity index (χ2n) is 10.7. The second kappa shape index (κ2) is 5.92. The second-order valence-corrected chi connectivity index (χ2v) is 10.7. The first kappa shape index (κ1) is 17.4. The van der Waals surface area contributed by atoms with E-state index in [2.05, 4.69) is 24.1 Å². The van der Waals surface area contributed by atoms with Crippen LogP contribution in [0.1, 0.15) is 52.4 Å². The lowest BCUT2D eigenvalue weighted by atomic mass is 9.40. The van der Waals surface area contributed by atoms with E-state index < -0.39 is 0 Å². The molecule has 0 spiro atoms. The third-order valence-corrected chi connectivity index (χ3v) is 7.99. The molecule has 1 N–H and O–H groups in total. The quantitative estimate of drug-likeness (QED) is 0.836. The summed E-state index contributed by atoms with van der Waals surface area (Å²) in [6.07, 6.45) is 7.27. The van der Waals surface area contributed by atoms with Crippen LogP contribution in [0.4, 0.5) is 0 Å². The predicted octanol–water partition coefficient (Wildman–Crippen LogP) is 2.20. The van der Waals surface area contributed by atoms with Crippen LogP contribution in [0.3, 0.4) is 0 Å². The van der Waals surface area contributed by atoms with Crippen LogP contribution in [0, 0.1) is 22.2 Å². The van der Waals surface area contributed by atoms with Gasteiger partial charge in [-0.3, -0.25) is 9.69 Å². The van der Waals surface area contributed by atoms with Crippen LogP contribution < -0.4 is 5.32 Å². The number of nitrogens with zero attached hydrogens (tertiary/aromatic N) is 1. The molecule has 6 aliphatic rings. The van der Waals surface area contributed by atoms with Crippen LogP contribution in [0.25, 0.3) is 0 Å². The Morgan fingerprint density at radius 2 is 1.65 bits per heavy atom. The molecule has 2 aliphatic heterocycles. The van der Waals surface area contributed by atoms with Crippen molar-refractivity contribution in [1.82, 2.24) is 10.2 Å². The number of carbonyl (C=O) groups is 1. The highest BCUT2D eigenvalue weighted by molar-refractivity contribution is 5.83. The van der Waals surface area contributed by atoms with Crippen molar-refractivity contribution in [2.24, 2.45) is 22.2 Å². The first-order valence-corrected chi connectivity index (χ1v) is 10.6. The topological polar surface area (TPSA) is 50.8 Å². The van der Waals surface area contributed by atoms with Crippen LogP contribution in [-0.2, 0) is 14.3 Å². The molecule has 0 aromatic heterocycles. The summed E-state index contributed by atoms with van der Waals surface area (Å²) in [5.41, 5.74) is 0.629. The Labute approximate surface area is 157 Å². The van der Waals surface area contributed by atoms with Crippen molar-refractivity contribution in [2.45, 2.75) is 64.5 Å². The molecule has 0 radical (unpaired) electrons. The minimum Gasteiger partial charge on any atom is -0.379 e. The maximum Gasteiger partial charge on any atom is 0.226 e. The monoisotopic (exact) mass is 362 g/mol. The molecule has 4 bridgehead atoms. The van der Waals surface area contributed by atoms with Gasteiger partial charge in [-0.05, 0) is 55.3 Å². The highest BCUT2D eigenvalue weighted by Gasteiger charge is 2.63. The Morgan fingerprint density at radius 1 is 0.962 bits per heavy atom. The number of amides is 1. The molecule has 6 rings (SSSR count). The van der Waals surface area contributed by atoms with Gasteiger partial charge >= 0.3 is 0 Å². The van der Waals surface area contributed by atoms with E-state index >= 15 is 0 Å². The number of rotatable bonds is 3. The van der Waals surface area contributed by atoms with Crippen LogP contribution in [-0.4, -0.2) is 62.4 Å². The molecule has 146 valence electrons. The fourth-order valence-electron chi connectivity index (χ4n) is 7.97. The van der Waals surface area contributed by atoms with Gasteiger partial charge in [0, 0.05) is 13.1 Å². The van der Waals surface area contributed by atoms with Crippen molar-refractivity contribution < 1.29 is 14.3 Å². The molecule has 0 aromatic rings. The smallest absolute Gasteiger partial charge is 0.226 e. The number of hydrogen-bond donors (Lipinski definition) is 1. The Hall–Kier alpha value is -0.650. The highest BCUT2D eigenvalue weighted by atomic mass is 16.5. The minimum absolute atomic E-state index is 0.124. The largest absolute Gasteiger partial charge is 0.379 e. The third kappa shape index (κ3) is 2.82. The van der Waals surface area contributed by atoms with Crippen molar-refractivity contribution >= 4 is 5.91 Å². The van der Waals surface area contributed by atoms with E-state index in [1.54, 1.807) is 0 Å². The molecule has 2 heterocycles. The molecular weight excluding hydrogens is 328 g/mol. The van der Waals surface area contributed by atoms with Crippen molar-refractivity contribution in [3.8, 4) is 0 Å². The summed E-state index contributed by atoms with van der Waals surface area (Å²) in [6, 6.07) is 0.442. The first-order valence-electron chi connectivity index (χ1n) is 10.6. The molecule has 2 unspecified atom stereocenters. The fourth-order valence-corrected chi connectivity index (χ4v) is 7.97. The van der Waals surface area contributed by atoms with Crippen molar-refractivity contribution in [3.63, 3.8) is 0 Å². The van der Waals surface area contributed by atoms with E-state index in [1.807, 2.05) is 0 Å². The summed E-state index contributed by atoms with van der Waals surface area (Å²) in [5, 5.41) is 3.47.